The number of hydrogen-bond donors (Lipinski definition) is 0. The molecule has 5 fully saturated rings. The summed E-state index contributed by atoms with van der Waals surface area (Å²) < 4.78 is 17.7. The Morgan fingerprint density at radius 2 is 1.97 bits per heavy atom. The largest absolute Gasteiger partial charge is 0.469 e. The van der Waals surface area contributed by atoms with Crippen LogP contribution >= 0.6 is 0 Å². The van der Waals surface area contributed by atoms with Crippen LogP contribution in [0, 0.1) is 34.5 Å². The number of carbonyl (C=O) groups excluding carboxylic acids is 3. The fraction of sp³-hybridized carbons (Fsp3) is 0.792. The summed E-state index contributed by atoms with van der Waals surface area (Å²) in [7, 11) is 1.46. The standard InChI is InChI=1S/C24H30O6/c1-22-7-4-13(25)10-12(22)11-14(21(27)28-3)17-15-5-8-24(9-6-16(26)30-24)23(15,2)20-19(29-20)18(17)22/h10,14-15,17-20H,4-9,11H2,1-3H3/t14?,15?,17?,18?,19?,20-,22-,23+,24?/m0/s1. The van der Waals surface area contributed by atoms with E-state index in [0.29, 0.717) is 19.3 Å². The number of rotatable bonds is 1. The zero-order chi connectivity index (χ0) is 21.1. The van der Waals surface area contributed by atoms with Gasteiger partial charge in [-0.15, -0.1) is 0 Å². The smallest absolute Gasteiger partial charge is 0.309 e. The van der Waals surface area contributed by atoms with Crippen LogP contribution < -0.4 is 0 Å². The molecule has 0 N–H and O–H groups in total. The highest BCUT2D eigenvalue weighted by Crippen LogP contribution is 2.75. The zero-order valence-corrected chi connectivity index (χ0v) is 17.9. The number of epoxide rings is 1. The highest BCUT2D eigenvalue weighted by atomic mass is 16.6. The second kappa shape index (κ2) is 5.76. The van der Waals surface area contributed by atoms with Crippen LogP contribution in [0.3, 0.4) is 0 Å². The summed E-state index contributed by atoms with van der Waals surface area (Å²) in [6, 6.07) is 0. The van der Waals surface area contributed by atoms with Crippen LogP contribution in [0.15, 0.2) is 11.6 Å². The van der Waals surface area contributed by atoms with Gasteiger partial charge < -0.3 is 14.2 Å². The second-order valence-corrected chi connectivity index (χ2v) is 10.9. The maximum Gasteiger partial charge on any atom is 0.309 e. The Balaban J connectivity index is 1.48. The molecule has 1 spiro atoms. The van der Waals surface area contributed by atoms with E-state index in [0.717, 1.165) is 31.3 Å². The molecule has 0 bridgehead atoms. The Morgan fingerprint density at radius 1 is 1.17 bits per heavy atom. The van der Waals surface area contributed by atoms with Crippen molar-refractivity contribution in [1.82, 2.24) is 0 Å². The molecule has 6 rings (SSSR count). The number of ether oxygens (including phenoxy) is 3. The van der Waals surface area contributed by atoms with Crippen molar-refractivity contribution in [3.63, 3.8) is 0 Å². The van der Waals surface area contributed by atoms with E-state index in [1.807, 2.05) is 0 Å². The number of esters is 2. The van der Waals surface area contributed by atoms with Gasteiger partial charge >= 0.3 is 11.9 Å². The average molecular weight is 414 g/mol. The van der Waals surface area contributed by atoms with E-state index in [1.165, 1.54) is 7.11 Å². The number of hydrogen-bond acceptors (Lipinski definition) is 6. The van der Waals surface area contributed by atoms with Crippen LogP contribution in [-0.4, -0.2) is 42.6 Å². The van der Waals surface area contributed by atoms with Gasteiger partial charge in [-0.25, -0.2) is 0 Å². The molecule has 0 aromatic rings. The van der Waals surface area contributed by atoms with Crippen molar-refractivity contribution in [1.29, 1.82) is 0 Å². The summed E-state index contributed by atoms with van der Waals surface area (Å²) >= 11 is 0. The molecule has 3 saturated carbocycles. The normalized spacial score (nSPS) is 53.2. The van der Waals surface area contributed by atoms with Crippen molar-refractivity contribution in [2.24, 2.45) is 34.5 Å². The van der Waals surface area contributed by atoms with Gasteiger partial charge in [0.05, 0.1) is 25.2 Å². The molecule has 6 aliphatic rings. The fourth-order valence-corrected chi connectivity index (χ4v) is 8.62. The molecular formula is C24H30O6. The first-order valence-corrected chi connectivity index (χ1v) is 11.4. The van der Waals surface area contributed by atoms with Crippen molar-refractivity contribution < 1.29 is 28.6 Å². The Morgan fingerprint density at radius 3 is 2.67 bits per heavy atom. The molecule has 30 heavy (non-hydrogen) atoms. The van der Waals surface area contributed by atoms with Crippen LogP contribution in [0.2, 0.25) is 0 Å². The topological polar surface area (TPSA) is 82.2 Å². The van der Waals surface area contributed by atoms with Crippen molar-refractivity contribution in [3.05, 3.63) is 11.6 Å². The molecule has 9 atom stereocenters. The van der Waals surface area contributed by atoms with Gasteiger partial charge in [0, 0.05) is 24.2 Å². The van der Waals surface area contributed by atoms with Gasteiger partial charge in [-0.1, -0.05) is 19.4 Å². The minimum Gasteiger partial charge on any atom is -0.469 e. The average Bonchev–Trinajstić information content (AvgIpc) is 3.35. The van der Waals surface area contributed by atoms with E-state index in [1.54, 1.807) is 6.08 Å². The number of allylic oxidation sites excluding steroid dienone is 1. The minimum absolute atomic E-state index is 0.0552. The third-order valence-electron chi connectivity index (χ3n) is 10.1. The Kier molecular flexibility index (Phi) is 3.65. The quantitative estimate of drug-likeness (QED) is 0.485. The first-order valence-electron chi connectivity index (χ1n) is 11.4. The molecule has 162 valence electrons. The number of fused-ring (bicyclic) bond motifs is 9. The Labute approximate surface area is 176 Å². The van der Waals surface area contributed by atoms with Gasteiger partial charge in [-0.05, 0) is 55.4 Å². The molecule has 2 heterocycles. The van der Waals surface area contributed by atoms with E-state index in [9.17, 15) is 14.4 Å². The number of ketones is 1. The number of methoxy groups -OCH3 is 1. The highest BCUT2D eigenvalue weighted by molar-refractivity contribution is 5.92. The summed E-state index contributed by atoms with van der Waals surface area (Å²) in [4.78, 5) is 37.4. The minimum atomic E-state index is -0.459. The van der Waals surface area contributed by atoms with E-state index < -0.39 is 5.60 Å². The molecule has 4 aliphatic carbocycles. The lowest BCUT2D eigenvalue weighted by Crippen LogP contribution is -2.61. The molecule has 6 nitrogen and oxygen atoms in total. The maximum atomic E-state index is 13.0. The molecule has 2 saturated heterocycles. The Hall–Kier alpha value is -1.69. The molecule has 0 radical (unpaired) electrons. The predicted molar refractivity (Wildman–Crippen MR) is 105 cm³/mol. The van der Waals surface area contributed by atoms with Gasteiger partial charge in [-0.3, -0.25) is 14.4 Å². The van der Waals surface area contributed by atoms with Crippen molar-refractivity contribution in [2.45, 2.75) is 76.6 Å². The Bertz CT molecular complexity index is 892. The first-order chi connectivity index (χ1) is 14.2. The van der Waals surface area contributed by atoms with Crippen LogP contribution in [0.4, 0.5) is 0 Å². The summed E-state index contributed by atoms with van der Waals surface area (Å²) in [5, 5.41) is 0. The van der Waals surface area contributed by atoms with Crippen LogP contribution in [0.1, 0.15) is 58.8 Å². The fourth-order valence-electron chi connectivity index (χ4n) is 8.62. The lowest BCUT2D eigenvalue weighted by Gasteiger charge is -2.58. The van der Waals surface area contributed by atoms with Gasteiger partial charge in [0.15, 0.2) is 5.78 Å². The molecule has 6 unspecified atom stereocenters. The predicted octanol–water partition coefficient (Wildman–Crippen LogP) is 2.98. The molecule has 0 amide bonds. The molecule has 6 heteroatoms. The lowest BCUT2D eigenvalue weighted by atomic mass is 9.44. The highest BCUT2D eigenvalue weighted by Gasteiger charge is 2.79. The van der Waals surface area contributed by atoms with E-state index in [-0.39, 0.29) is 64.4 Å². The second-order valence-electron chi connectivity index (χ2n) is 10.9. The summed E-state index contributed by atoms with van der Waals surface area (Å²) in [6.07, 6.45) is 6.91. The zero-order valence-electron chi connectivity index (χ0n) is 17.9. The third-order valence-corrected chi connectivity index (χ3v) is 10.1. The summed E-state index contributed by atoms with van der Waals surface area (Å²) in [5.74, 6) is 0.176. The summed E-state index contributed by atoms with van der Waals surface area (Å²) in [6.45, 7) is 4.52. The monoisotopic (exact) mass is 414 g/mol. The number of carbonyl (C=O) groups is 3. The molecule has 0 aromatic heterocycles. The van der Waals surface area contributed by atoms with Crippen LogP contribution in [-0.2, 0) is 28.6 Å². The van der Waals surface area contributed by atoms with Gasteiger partial charge in [0.1, 0.15) is 5.60 Å². The van der Waals surface area contributed by atoms with Gasteiger partial charge in [-0.2, -0.15) is 0 Å². The van der Waals surface area contributed by atoms with E-state index in [4.69, 9.17) is 14.2 Å². The SMILES string of the molecule is COC(=O)C1CC2=CC(=O)CC[C@]2(C)C2C1C1CCC3(CCC(=O)O3)[C@@]1(C)[C@H]1OC21. The van der Waals surface area contributed by atoms with Crippen molar-refractivity contribution >= 4 is 17.7 Å². The molecule has 2 aliphatic heterocycles. The maximum absolute atomic E-state index is 13.0. The van der Waals surface area contributed by atoms with Crippen LogP contribution in [0.25, 0.3) is 0 Å². The molecular weight excluding hydrogens is 384 g/mol. The lowest BCUT2D eigenvalue weighted by molar-refractivity contribution is -0.172. The first kappa shape index (κ1) is 19.0. The third kappa shape index (κ3) is 2.07. The van der Waals surface area contributed by atoms with Crippen molar-refractivity contribution in [3.8, 4) is 0 Å². The van der Waals surface area contributed by atoms with E-state index >= 15 is 0 Å². The van der Waals surface area contributed by atoms with Gasteiger partial charge in [0.2, 0.25) is 0 Å². The van der Waals surface area contributed by atoms with Crippen molar-refractivity contribution in [2.75, 3.05) is 7.11 Å². The van der Waals surface area contributed by atoms with E-state index in [2.05, 4.69) is 13.8 Å². The molecule has 0 aromatic carbocycles. The van der Waals surface area contributed by atoms with Crippen LogP contribution in [0.5, 0.6) is 0 Å². The summed E-state index contributed by atoms with van der Waals surface area (Å²) in [5.41, 5.74) is 0.262. The van der Waals surface area contributed by atoms with Gasteiger partial charge in [0.25, 0.3) is 0 Å².